The Morgan fingerprint density at radius 1 is 1.25 bits per heavy atom. The number of benzene rings is 1. The van der Waals surface area contributed by atoms with Gasteiger partial charge in [0.25, 0.3) is 5.69 Å². The Bertz CT molecular complexity index is 444. The van der Waals surface area contributed by atoms with E-state index >= 15 is 0 Å². The van der Waals surface area contributed by atoms with E-state index in [1.54, 1.807) is 0 Å². The van der Waals surface area contributed by atoms with E-state index in [0.29, 0.717) is 5.69 Å². The summed E-state index contributed by atoms with van der Waals surface area (Å²) in [5.41, 5.74) is 2.71. The molecule has 0 bridgehead atoms. The predicted molar refractivity (Wildman–Crippen MR) is 60.1 cm³/mol. The highest BCUT2D eigenvalue weighted by Crippen LogP contribution is 2.15. The van der Waals surface area contributed by atoms with Crippen molar-refractivity contribution in [1.82, 2.24) is 0 Å². The van der Waals surface area contributed by atoms with E-state index in [1.165, 1.54) is 24.3 Å². The number of nitro benzene ring substituents is 1. The second-order valence-corrected chi connectivity index (χ2v) is 3.26. The zero-order valence-corrected chi connectivity index (χ0v) is 9.25. The summed E-state index contributed by atoms with van der Waals surface area (Å²) in [6, 6.07) is 5.31. The molecule has 8 nitrogen and oxygen atoms in total. The van der Waals surface area contributed by atoms with Gasteiger partial charge in [-0.15, -0.1) is 0 Å². The summed E-state index contributed by atoms with van der Waals surface area (Å²) in [6.07, 6.45) is 0. The highest BCUT2D eigenvalue weighted by atomic mass is 79.9. The minimum absolute atomic E-state index is 0.0668. The van der Waals surface area contributed by atoms with E-state index in [1.807, 2.05) is 0 Å². The number of non-ortho nitro benzene ring substituents is 1. The number of hydrazone groups is 1. The van der Waals surface area contributed by atoms with Crippen LogP contribution < -0.4 is 5.43 Å². The molecule has 1 aromatic carbocycles. The van der Waals surface area contributed by atoms with Crippen LogP contribution >= 0.6 is 15.9 Å². The van der Waals surface area contributed by atoms with Crippen molar-refractivity contribution in [2.75, 3.05) is 5.43 Å². The molecule has 0 aliphatic rings. The maximum absolute atomic E-state index is 10.3. The van der Waals surface area contributed by atoms with Crippen LogP contribution in [0.5, 0.6) is 0 Å². The fourth-order valence-corrected chi connectivity index (χ4v) is 0.898. The number of nitro groups is 2. The van der Waals surface area contributed by atoms with E-state index < -0.39 is 14.6 Å². The van der Waals surface area contributed by atoms with Crippen LogP contribution in [0, 0.1) is 20.2 Å². The Labute approximate surface area is 97.4 Å². The van der Waals surface area contributed by atoms with Crippen LogP contribution in [0.2, 0.25) is 0 Å². The Hall–Kier alpha value is -2.03. The fraction of sp³-hybridized carbons (Fsp3) is 0. The Morgan fingerprint density at radius 2 is 1.81 bits per heavy atom. The van der Waals surface area contributed by atoms with E-state index in [2.05, 4.69) is 26.5 Å². The topological polar surface area (TPSA) is 111 Å². The molecule has 9 heteroatoms. The monoisotopic (exact) mass is 288 g/mol. The number of hydrogen-bond donors (Lipinski definition) is 1. The Kier molecular flexibility index (Phi) is 3.89. The van der Waals surface area contributed by atoms with Crippen molar-refractivity contribution in [3.05, 3.63) is 44.5 Å². The van der Waals surface area contributed by atoms with Gasteiger partial charge in [-0.3, -0.25) is 10.1 Å². The molecule has 0 amide bonds. The van der Waals surface area contributed by atoms with Gasteiger partial charge >= 0.3 is 4.74 Å². The first-order valence-corrected chi connectivity index (χ1v) is 4.68. The van der Waals surface area contributed by atoms with Gasteiger partial charge in [-0.1, -0.05) is 0 Å². The molecule has 0 heterocycles. The number of hydrogen-bond acceptors (Lipinski definition) is 6. The summed E-state index contributed by atoms with van der Waals surface area (Å²) in [7, 11) is 0. The summed E-state index contributed by atoms with van der Waals surface area (Å²) < 4.78 is -0.481. The van der Waals surface area contributed by atoms with E-state index in [9.17, 15) is 20.2 Å². The predicted octanol–water partition coefficient (Wildman–Crippen LogP) is 1.95. The molecular weight excluding hydrogens is 284 g/mol. The number of halogens is 1. The van der Waals surface area contributed by atoms with Gasteiger partial charge in [0.05, 0.1) is 31.6 Å². The lowest BCUT2D eigenvalue weighted by molar-refractivity contribution is -0.384. The van der Waals surface area contributed by atoms with Crippen LogP contribution in [0.4, 0.5) is 11.4 Å². The average molecular weight is 289 g/mol. The summed E-state index contributed by atoms with van der Waals surface area (Å²) in [5, 5.41) is 23.9. The number of amidine groups is 1. The number of rotatable bonds is 3. The van der Waals surface area contributed by atoms with Gasteiger partial charge in [0.15, 0.2) is 0 Å². The van der Waals surface area contributed by atoms with Crippen molar-refractivity contribution in [3.8, 4) is 0 Å². The number of anilines is 1. The van der Waals surface area contributed by atoms with Gasteiger partial charge in [-0.05, 0) is 17.1 Å². The normalized spacial score (nSPS) is 10.9. The molecule has 0 aliphatic carbocycles. The molecule has 0 aromatic heterocycles. The second-order valence-electron chi connectivity index (χ2n) is 2.55. The molecular formula is C7H5BrN4O4. The fourth-order valence-electron chi connectivity index (χ4n) is 0.809. The molecule has 1 N–H and O–H groups in total. The molecule has 0 unspecified atom stereocenters. The van der Waals surface area contributed by atoms with Crippen LogP contribution in [-0.4, -0.2) is 14.6 Å². The zero-order valence-electron chi connectivity index (χ0n) is 7.66. The first-order valence-electron chi connectivity index (χ1n) is 3.89. The third-order valence-corrected chi connectivity index (χ3v) is 1.97. The maximum Gasteiger partial charge on any atom is 0.430 e. The molecule has 0 radical (unpaired) electrons. The van der Waals surface area contributed by atoms with Crippen molar-refractivity contribution >= 4 is 32.0 Å². The molecule has 0 spiro atoms. The summed E-state index contributed by atoms with van der Waals surface area (Å²) in [4.78, 5) is 19.2. The highest BCUT2D eigenvalue weighted by Gasteiger charge is 2.07. The molecule has 84 valence electrons. The first-order chi connectivity index (χ1) is 7.50. The third-order valence-electron chi connectivity index (χ3n) is 1.51. The van der Waals surface area contributed by atoms with Crippen molar-refractivity contribution in [3.63, 3.8) is 0 Å². The van der Waals surface area contributed by atoms with Crippen LogP contribution in [-0.2, 0) is 0 Å². The van der Waals surface area contributed by atoms with Gasteiger partial charge in [0.2, 0.25) is 0 Å². The van der Waals surface area contributed by atoms with Crippen molar-refractivity contribution in [2.45, 2.75) is 0 Å². The van der Waals surface area contributed by atoms with Gasteiger partial charge in [-0.25, -0.2) is 0 Å². The molecule has 0 aliphatic heterocycles. The SMILES string of the molecule is O=[N+]([O-])/C(Br)=N\Nc1ccc([N+](=O)[O-])cc1. The van der Waals surface area contributed by atoms with Gasteiger partial charge in [0.1, 0.15) is 0 Å². The van der Waals surface area contributed by atoms with Crippen LogP contribution in [0.25, 0.3) is 0 Å². The van der Waals surface area contributed by atoms with Gasteiger partial charge in [0, 0.05) is 12.1 Å². The van der Waals surface area contributed by atoms with E-state index in [0.717, 1.165) is 0 Å². The van der Waals surface area contributed by atoms with Gasteiger partial charge in [-0.2, -0.15) is 5.43 Å². The summed E-state index contributed by atoms with van der Waals surface area (Å²) in [6.45, 7) is 0. The molecule has 1 rings (SSSR count). The standard InChI is InChI=1S/C7H5BrN4O4/c8-7(12(15)16)10-9-5-1-3-6(4-2-5)11(13)14/h1-4,9H/b10-7-. The highest BCUT2D eigenvalue weighted by molar-refractivity contribution is 9.18. The quantitative estimate of drug-likeness (QED) is 0.300. The average Bonchev–Trinajstić information content (AvgIpc) is 2.26. The molecule has 0 fully saturated rings. The largest absolute Gasteiger partial charge is 0.430 e. The minimum atomic E-state index is -0.724. The molecule has 0 saturated carbocycles. The lowest BCUT2D eigenvalue weighted by Crippen LogP contribution is -2.05. The molecule has 16 heavy (non-hydrogen) atoms. The Morgan fingerprint density at radius 3 is 2.25 bits per heavy atom. The van der Waals surface area contributed by atoms with E-state index in [-0.39, 0.29) is 5.69 Å². The second kappa shape index (κ2) is 5.16. The summed E-state index contributed by atoms with van der Waals surface area (Å²) >= 11 is 2.62. The van der Waals surface area contributed by atoms with E-state index in [4.69, 9.17) is 0 Å². The Balaban J connectivity index is 2.73. The first kappa shape index (κ1) is 12.0. The van der Waals surface area contributed by atoms with Crippen molar-refractivity contribution < 1.29 is 9.85 Å². The van der Waals surface area contributed by atoms with Crippen molar-refractivity contribution in [2.24, 2.45) is 5.10 Å². The molecule has 0 atom stereocenters. The number of nitrogens with one attached hydrogen (secondary N) is 1. The van der Waals surface area contributed by atoms with Gasteiger partial charge < -0.3 is 10.1 Å². The smallest absolute Gasteiger partial charge is 0.357 e. The minimum Gasteiger partial charge on any atom is -0.357 e. The maximum atomic E-state index is 10.3. The summed E-state index contributed by atoms with van der Waals surface area (Å²) in [5.74, 6) is 0. The lowest BCUT2D eigenvalue weighted by atomic mass is 10.3. The number of nitrogens with zero attached hydrogens (tertiary/aromatic N) is 3. The third kappa shape index (κ3) is 3.28. The van der Waals surface area contributed by atoms with Crippen LogP contribution in [0.15, 0.2) is 29.4 Å². The zero-order chi connectivity index (χ0) is 12.1. The lowest BCUT2D eigenvalue weighted by Gasteiger charge is -1.95. The van der Waals surface area contributed by atoms with Crippen molar-refractivity contribution in [1.29, 1.82) is 0 Å². The molecule has 1 aromatic rings. The van der Waals surface area contributed by atoms with Crippen LogP contribution in [0.1, 0.15) is 0 Å². The molecule has 0 saturated heterocycles. The van der Waals surface area contributed by atoms with Crippen LogP contribution in [0.3, 0.4) is 0 Å².